The lowest BCUT2D eigenvalue weighted by Crippen LogP contribution is -2.37. The van der Waals surface area contributed by atoms with Gasteiger partial charge in [-0.05, 0) is 17.7 Å². The van der Waals surface area contributed by atoms with Gasteiger partial charge in [-0.3, -0.25) is 10.2 Å². The predicted molar refractivity (Wildman–Crippen MR) is 66.3 cm³/mol. The van der Waals surface area contributed by atoms with Gasteiger partial charge < -0.3 is 10.5 Å². The fourth-order valence-corrected chi connectivity index (χ4v) is 1.53. The second-order valence-corrected chi connectivity index (χ2v) is 4.13. The van der Waals surface area contributed by atoms with E-state index in [9.17, 15) is 9.18 Å². The third kappa shape index (κ3) is 3.97. The number of carbonyl (C=O) groups is 1. The lowest BCUT2D eigenvalue weighted by Gasteiger charge is -2.16. The van der Waals surface area contributed by atoms with E-state index >= 15 is 0 Å². The molecule has 0 saturated carbocycles. The van der Waals surface area contributed by atoms with E-state index in [4.69, 9.17) is 10.5 Å². The summed E-state index contributed by atoms with van der Waals surface area (Å²) in [5.41, 5.74) is 8.98. The molecule has 0 saturated heterocycles. The molecule has 1 rings (SSSR count). The van der Waals surface area contributed by atoms with Gasteiger partial charge in [-0.15, -0.1) is 0 Å². The molecule has 0 aromatic heterocycles. The first-order valence-electron chi connectivity index (χ1n) is 5.50. The number of rotatable bonds is 5. The zero-order valence-electron chi connectivity index (χ0n) is 10.7. The first kappa shape index (κ1) is 14.4. The fourth-order valence-electron chi connectivity index (χ4n) is 1.53. The Hall–Kier alpha value is -1.66. The fraction of sp³-hybridized carbons (Fsp3) is 0.417. The monoisotopic (exact) mass is 255 g/mol. The van der Waals surface area contributed by atoms with Crippen LogP contribution in [-0.2, 0) is 4.79 Å². The summed E-state index contributed by atoms with van der Waals surface area (Å²) in [5, 5.41) is 1.53. The maximum atomic E-state index is 13.5. The van der Waals surface area contributed by atoms with Crippen LogP contribution >= 0.6 is 0 Å². The molecule has 1 unspecified atom stereocenters. The van der Waals surface area contributed by atoms with Gasteiger partial charge in [0.25, 0.3) is 0 Å². The molecule has 1 aromatic rings. The SMILES string of the molecule is COc1ccc(C(N)CC(=O)NN(C)C)cc1F. The molecule has 0 radical (unpaired) electrons. The average molecular weight is 255 g/mol. The summed E-state index contributed by atoms with van der Waals surface area (Å²) in [6.07, 6.45) is 0.0873. The Morgan fingerprint density at radius 2 is 2.22 bits per heavy atom. The summed E-state index contributed by atoms with van der Waals surface area (Å²) in [6.45, 7) is 0. The van der Waals surface area contributed by atoms with Gasteiger partial charge in [-0.1, -0.05) is 6.07 Å². The second kappa shape index (κ2) is 6.32. The molecular formula is C12H18FN3O2. The molecule has 6 heteroatoms. The maximum absolute atomic E-state index is 13.5. The van der Waals surface area contributed by atoms with Crippen LogP contribution in [0.1, 0.15) is 18.0 Å². The van der Waals surface area contributed by atoms with E-state index in [1.807, 2.05) is 0 Å². The Labute approximate surface area is 106 Å². The summed E-state index contributed by atoms with van der Waals surface area (Å²) in [5.74, 6) is -0.550. The van der Waals surface area contributed by atoms with Crippen LogP contribution in [0.25, 0.3) is 0 Å². The Morgan fingerprint density at radius 1 is 1.56 bits per heavy atom. The molecule has 0 spiro atoms. The highest BCUT2D eigenvalue weighted by Crippen LogP contribution is 2.22. The zero-order valence-corrected chi connectivity index (χ0v) is 10.7. The normalized spacial score (nSPS) is 12.3. The number of ether oxygens (including phenoxy) is 1. The van der Waals surface area contributed by atoms with Crippen LogP contribution in [0.5, 0.6) is 5.75 Å². The molecule has 0 fully saturated rings. The van der Waals surface area contributed by atoms with Gasteiger partial charge in [-0.25, -0.2) is 9.40 Å². The van der Waals surface area contributed by atoms with E-state index < -0.39 is 11.9 Å². The highest BCUT2D eigenvalue weighted by atomic mass is 19.1. The third-order valence-electron chi connectivity index (χ3n) is 2.36. The number of hydrogen-bond acceptors (Lipinski definition) is 4. The van der Waals surface area contributed by atoms with Crippen molar-refractivity contribution in [3.63, 3.8) is 0 Å². The average Bonchev–Trinajstić information content (AvgIpc) is 2.27. The summed E-state index contributed by atoms with van der Waals surface area (Å²) in [7, 11) is 4.80. The van der Waals surface area contributed by atoms with E-state index in [1.165, 1.54) is 24.3 Å². The van der Waals surface area contributed by atoms with Crippen molar-refractivity contribution < 1.29 is 13.9 Å². The molecule has 0 aliphatic rings. The lowest BCUT2D eigenvalue weighted by molar-refractivity contribution is -0.125. The van der Waals surface area contributed by atoms with E-state index in [-0.39, 0.29) is 18.1 Å². The van der Waals surface area contributed by atoms with Crippen LogP contribution in [0.2, 0.25) is 0 Å². The number of nitrogens with two attached hydrogens (primary N) is 1. The van der Waals surface area contributed by atoms with E-state index in [0.29, 0.717) is 5.56 Å². The smallest absolute Gasteiger partial charge is 0.236 e. The highest BCUT2D eigenvalue weighted by Gasteiger charge is 2.14. The number of nitrogens with zero attached hydrogens (tertiary/aromatic N) is 1. The molecule has 1 aromatic carbocycles. The van der Waals surface area contributed by atoms with Crippen molar-refractivity contribution in [1.82, 2.24) is 10.4 Å². The van der Waals surface area contributed by atoms with Gasteiger partial charge in [0.05, 0.1) is 7.11 Å². The summed E-state index contributed by atoms with van der Waals surface area (Å²) in [4.78, 5) is 11.5. The number of carbonyl (C=O) groups excluding carboxylic acids is 1. The minimum atomic E-state index is -0.551. The molecule has 3 N–H and O–H groups in total. The number of methoxy groups -OCH3 is 1. The molecule has 100 valence electrons. The summed E-state index contributed by atoms with van der Waals surface area (Å²) >= 11 is 0. The predicted octanol–water partition coefficient (Wildman–Crippen LogP) is 0.817. The van der Waals surface area contributed by atoms with Crippen LogP contribution in [0, 0.1) is 5.82 Å². The van der Waals surface area contributed by atoms with Crippen LogP contribution in [-0.4, -0.2) is 32.1 Å². The Morgan fingerprint density at radius 3 is 2.72 bits per heavy atom. The van der Waals surface area contributed by atoms with Crippen molar-refractivity contribution in [2.75, 3.05) is 21.2 Å². The molecule has 18 heavy (non-hydrogen) atoms. The highest BCUT2D eigenvalue weighted by molar-refractivity contribution is 5.76. The minimum absolute atomic E-state index is 0.0873. The van der Waals surface area contributed by atoms with Crippen LogP contribution in [0.15, 0.2) is 18.2 Å². The number of benzene rings is 1. The molecule has 1 atom stereocenters. The van der Waals surface area contributed by atoms with Crippen molar-refractivity contribution in [2.45, 2.75) is 12.5 Å². The first-order chi connectivity index (χ1) is 8.43. The van der Waals surface area contributed by atoms with Gasteiger partial charge in [-0.2, -0.15) is 0 Å². The van der Waals surface area contributed by atoms with Crippen LogP contribution in [0.4, 0.5) is 4.39 Å². The number of amides is 1. The van der Waals surface area contributed by atoms with E-state index in [2.05, 4.69) is 5.43 Å². The Kier molecular flexibility index (Phi) is 5.06. The lowest BCUT2D eigenvalue weighted by atomic mass is 10.0. The zero-order chi connectivity index (χ0) is 13.7. The number of hydrazine groups is 1. The summed E-state index contributed by atoms with van der Waals surface area (Å²) < 4.78 is 18.3. The van der Waals surface area contributed by atoms with Gasteiger partial charge in [0, 0.05) is 26.6 Å². The van der Waals surface area contributed by atoms with E-state index in [0.717, 1.165) is 0 Å². The van der Waals surface area contributed by atoms with Crippen molar-refractivity contribution in [1.29, 1.82) is 0 Å². The molecule has 5 nitrogen and oxygen atoms in total. The first-order valence-corrected chi connectivity index (χ1v) is 5.50. The molecule has 0 heterocycles. The Balaban J connectivity index is 2.69. The number of hydrogen-bond donors (Lipinski definition) is 2. The topological polar surface area (TPSA) is 67.6 Å². The maximum Gasteiger partial charge on any atom is 0.236 e. The largest absolute Gasteiger partial charge is 0.494 e. The van der Waals surface area contributed by atoms with Crippen molar-refractivity contribution in [3.05, 3.63) is 29.6 Å². The van der Waals surface area contributed by atoms with Gasteiger partial charge >= 0.3 is 0 Å². The molecule has 0 aliphatic carbocycles. The third-order valence-corrected chi connectivity index (χ3v) is 2.36. The number of halogens is 1. The molecular weight excluding hydrogens is 237 g/mol. The van der Waals surface area contributed by atoms with E-state index in [1.54, 1.807) is 20.2 Å². The quantitative estimate of drug-likeness (QED) is 0.764. The van der Waals surface area contributed by atoms with Gasteiger partial charge in [0.15, 0.2) is 11.6 Å². The van der Waals surface area contributed by atoms with Crippen molar-refractivity contribution in [3.8, 4) is 5.75 Å². The number of nitrogens with one attached hydrogen (secondary N) is 1. The molecule has 0 aliphatic heterocycles. The minimum Gasteiger partial charge on any atom is -0.494 e. The molecule has 1 amide bonds. The summed E-state index contributed by atoms with van der Waals surface area (Å²) in [6, 6.07) is 3.88. The Bertz CT molecular complexity index is 424. The van der Waals surface area contributed by atoms with Crippen LogP contribution < -0.4 is 15.9 Å². The van der Waals surface area contributed by atoms with Gasteiger partial charge in [0.1, 0.15) is 0 Å². The molecule has 0 bridgehead atoms. The van der Waals surface area contributed by atoms with Gasteiger partial charge in [0.2, 0.25) is 5.91 Å². The van der Waals surface area contributed by atoms with Crippen molar-refractivity contribution >= 4 is 5.91 Å². The van der Waals surface area contributed by atoms with Crippen LogP contribution in [0.3, 0.4) is 0 Å². The van der Waals surface area contributed by atoms with Crippen molar-refractivity contribution in [2.24, 2.45) is 5.73 Å². The standard InChI is InChI=1S/C12H18FN3O2/c1-16(2)15-12(17)7-10(14)8-4-5-11(18-3)9(13)6-8/h4-6,10H,7,14H2,1-3H3,(H,15,17). The second-order valence-electron chi connectivity index (χ2n) is 4.13.